The number of halogens is 1. The van der Waals surface area contributed by atoms with E-state index in [4.69, 9.17) is 19.9 Å². The van der Waals surface area contributed by atoms with E-state index in [1.807, 2.05) is 0 Å². The molecular formula is C13H21ClN2O4. The number of nitrogens with two attached hydrogens (primary N) is 1. The molecule has 0 spiro atoms. The second-order valence-electron chi connectivity index (χ2n) is 3.85. The molecule has 0 aliphatic heterocycles. The predicted molar refractivity (Wildman–Crippen MR) is 80.3 cm³/mol. The van der Waals surface area contributed by atoms with Crippen LogP contribution < -0.4 is 25.3 Å². The highest BCUT2D eigenvalue weighted by Crippen LogP contribution is 2.37. The minimum Gasteiger partial charge on any atom is -0.494 e. The third kappa shape index (κ3) is 4.79. The first kappa shape index (κ1) is 18.3. The molecule has 1 amide bonds. The molecule has 6 nitrogen and oxygen atoms in total. The normalized spacial score (nSPS) is 9.40. The van der Waals surface area contributed by atoms with Gasteiger partial charge in [-0.05, 0) is 13.0 Å². The minimum atomic E-state index is -0.115. The molecule has 0 fully saturated rings. The lowest BCUT2D eigenvalue weighted by atomic mass is 10.2. The van der Waals surface area contributed by atoms with Crippen molar-refractivity contribution in [3.63, 3.8) is 0 Å². The zero-order chi connectivity index (χ0) is 14.3. The van der Waals surface area contributed by atoms with Crippen molar-refractivity contribution in [1.29, 1.82) is 0 Å². The fraction of sp³-hybridized carbons (Fsp3) is 0.462. The van der Waals surface area contributed by atoms with Crippen molar-refractivity contribution in [2.75, 3.05) is 33.2 Å². The molecule has 0 atom stereocenters. The SMILES string of the molecule is COc1cc(OC)c(OC)cc1NC(=O)CCCN.Cl. The maximum absolute atomic E-state index is 11.7. The number of hydrogen-bond donors (Lipinski definition) is 2. The summed E-state index contributed by atoms with van der Waals surface area (Å²) in [5.41, 5.74) is 5.91. The van der Waals surface area contributed by atoms with Crippen LogP contribution in [0.25, 0.3) is 0 Å². The Hall–Kier alpha value is -1.66. The summed E-state index contributed by atoms with van der Waals surface area (Å²) in [5.74, 6) is 1.46. The summed E-state index contributed by atoms with van der Waals surface area (Å²) in [6, 6.07) is 3.33. The molecule has 20 heavy (non-hydrogen) atoms. The Kier molecular flexibility index (Phi) is 8.51. The first-order valence-corrected chi connectivity index (χ1v) is 5.96. The van der Waals surface area contributed by atoms with Crippen LogP contribution in [-0.4, -0.2) is 33.8 Å². The maximum Gasteiger partial charge on any atom is 0.224 e. The number of rotatable bonds is 7. The van der Waals surface area contributed by atoms with Gasteiger partial charge in [-0.25, -0.2) is 0 Å². The second-order valence-corrected chi connectivity index (χ2v) is 3.85. The highest BCUT2D eigenvalue weighted by atomic mass is 35.5. The number of hydrogen-bond acceptors (Lipinski definition) is 5. The van der Waals surface area contributed by atoms with Gasteiger partial charge in [-0.2, -0.15) is 0 Å². The van der Waals surface area contributed by atoms with Crippen molar-refractivity contribution < 1.29 is 19.0 Å². The molecule has 0 saturated carbocycles. The third-order valence-electron chi connectivity index (χ3n) is 2.59. The standard InChI is InChI=1S/C13H20N2O4.ClH/c1-17-10-8-12(19-3)11(18-2)7-9(10)15-13(16)5-4-6-14;/h7-8H,4-6,14H2,1-3H3,(H,15,16);1H. The van der Waals surface area contributed by atoms with Gasteiger partial charge >= 0.3 is 0 Å². The zero-order valence-electron chi connectivity index (χ0n) is 11.9. The fourth-order valence-corrected chi connectivity index (χ4v) is 1.60. The zero-order valence-corrected chi connectivity index (χ0v) is 12.7. The van der Waals surface area contributed by atoms with Crippen molar-refractivity contribution in [3.05, 3.63) is 12.1 Å². The summed E-state index contributed by atoms with van der Waals surface area (Å²) in [5, 5.41) is 2.77. The molecule has 0 aromatic heterocycles. The molecule has 0 unspecified atom stereocenters. The van der Waals surface area contributed by atoms with Crippen LogP contribution in [0.5, 0.6) is 17.2 Å². The van der Waals surface area contributed by atoms with Crippen LogP contribution in [0.3, 0.4) is 0 Å². The highest BCUT2D eigenvalue weighted by Gasteiger charge is 2.13. The van der Waals surface area contributed by atoms with Gasteiger partial charge in [0.25, 0.3) is 0 Å². The lowest BCUT2D eigenvalue weighted by Crippen LogP contribution is -2.14. The maximum atomic E-state index is 11.7. The van der Waals surface area contributed by atoms with Crippen molar-refractivity contribution in [2.45, 2.75) is 12.8 Å². The smallest absolute Gasteiger partial charge is 0.224 e. The third-order valence-corrected chi connectivity index (χ3v) is 2.59. The van der Waals surface area contributed by atoms with Gasteiger partial charge in [0.15, 0.2) is 11.5 Å². The summed E-state index contributed by atoms with van der Waals surface area (Å²) in [6.45, 7) is 0.483. The molecule has 0 heterocycles. The monoisotopic (exact) mass is 304 g/mol. The van der Waals surface area contributed by atoms with Gasteiger partial charge in [-0.15, -0.1) is 12.4 Å². The molecule has 0 radical (unpaired) electrons. The van der Waals surface area contributed by atoms with Crippen LogP contribution in [0.2, 0.25) is 0 Å². The second kappa shape index (κ2) is 9.28. The first-order valence-electron chi connectivity index (χ1n) is 5.96. The van der Waals surface area contributed by atoms with Crippen molar-refractivity contribution in [3.8, 4) is 17.2 Å². The lowest BCUT2D eigenvalue weighted by molar-refractivity contribution is -0.116. The van der Waals surface area contributed by atoms with E-state index in [0.717, 1.165) is 0 Å². The summed E-state index contributed by atoms with van der Waals surface area (Å²) in [6.07, 6.45) is 1.01. The van der Waals surface area contributed by atoms with Gasteiger partial charge in [0.2, 0.25) is 5.91 Å². The van der Waals surface area contributed by atoms with Crippen LogP contribution in [-0.2, 0) is 4.79 Å². The minimum absolute atomic E-state index is 0. The van der Waals surface area contributed by atoms with E-state index >= 15 is 0 Å². The Morgan fingerprint density at radius 1 is 1.10 bits per heavy atom. The number of benzene rings is 1. The van der Waals surface area contributed by atoms with Gasteiger partial charge in [0.1, 0.15) is 5.75 Å². The molecule has 7 heteroatoms. The lowest BCUT2D eigenvalue weighted by Gasteiger charge is -2.14. The first-order chi connectivity index (χ1) is 9.15. The van der Waals surface area contributed by atoms with E-state index in [1.165, 1.54) is 21.3 Å². The van der Waals surface area contributed by atoms with Gasteiger partial charge in [0, 0.05) is 18.6 Å². The Balaban J connectivity index is 0.00000361. The number of ether oxygens (including phenoxy) is 3. The number of carbonyl (C=O) groups excluding carboxylic acids is 1. The van der Waals surface area contributed by atoms with Crippen LogP contribution in [0.4, 0.5) is 5.69 Å². The molecule has 1 aromatic rings. The van der Waals surface area contributed by atoms with E-state index in [-0.39, 0.29) is 18.3 Å². The van der Waals surface area contributed by atoms with Crippen molar-refractivity contribution in [1.82, 2.24) is 0 Å². The van der Waals surface area contributed by atoms with Crippen molar-refractivity contribution in [2.24, 2.45) is 5.73 Å². The summed E-state index contributed by atoms with van der Waals surface area (Å²) >= 11 is 0. The molecule has 0 bridgehead atoms. The van der Waals surface area contributed by atoms with Crippen molar-refractivity contribution >= 4 is 24.0 Å². The molecule has 0 aliphatic rings. The Labute approximate surface area is 125 Å². The summed E-state index contributed by atoms with van der Waals surface area (Å²) < 4.78 is 15.6. The Bertz CT molecular complexity index is 441. The summed E-state index contributed by atoms with van der Waals surface area (Å²) in [4.78, 5) is 11.7. The highest BCUT2D eigenvalue weighted by molar-refractivity contribution is 5.92. The number of methoxy groups -OCH3 is 3. The number of anilines is 1. The van der Waals surface area contributed by atoms with Gasteiger partial charge in [-0.1, -0.05) is 0 Å². The van der Waals surface area contributed by atoms with Gasteiger partial charge < -0.3 is 25.3 Å². The van der Waals surface area contributed by atoms with Gasteiger partial charge in [-0.3, -0.25) is 4.79 Å². The van der Waals surface area contributed by atoms with E-state index in [0.29, 0.717) is 42.3 Å². The number of amides is 1. The largest absolute Gasteiger partial charge is 0.494 e. The van der Waals surface area contributed by atoms with Crippen LogP contribution in [0, 0.1) is 0 Å². The molecule has 114 valence electrons. The molecule has 0 saturated heterocycles. The molecular weight excluding hydrogens is 284 g/mol. The Morgan fingerprint density at radius 3 is 2.15 bits per heavy atom. The van der Waals surface area contributed by atoms with Crippen LogP contribution >= 0.6 is 12.4 Å². The average Bonchev–Trinajstić information content (AvgIpc) is 2.44. The number of carbonyl (C=O) groups is 1. The van der Waals surface area contributed by atoms with Crippen LogP contribution in [0.1, 0.15) is 12.8 Å². The molecule has 1 aromatic carbocycles. The van der Waals surface area contributed by atoms with E-state index < -0.39 is 0 Å². The van der Waals surface area contributed by atoms with E-state index in [9.17, 15) is 4.79 Å². The Morgan fingerprint density at radius 2 is 1.65 bits per heavy atom. The van der Waals surface area contributed by atoms with Crippen LogP contribution in [0.15, 0.2) is 12.1 Å². The summed E-state index contributed by atoms with van der Waals surface area (Å²) in [7, 11) is 4.60. The predicted octanol–water partition coefficient (Wildman–Crippen LogP) is 1.81. The molecule has 1 rings (SSSR count). The molecule has 3 N–H and O–H groups in total. The topological polar surface area (TPSA) is 82.8 Å². The van der Waals surface area contributed by atoms with E-state index in [1.54, 1.807) is 12.1 Å². The fourth-order valence-electron chi connectivity index (χ4n) is 1.60. The van der Waals surface area contributed by atoms with E-state index in [2.05, 4.69) is 5.32 Å². The molecule has 0 aliphatic carbocycles. The average molecular weight is 305 g/mol. The number of nitrogens with one attached hydrogen (secondary N) is 1. The quantitative estimate of drug-likeness (QED) is 0.803. The van der Waals surface area contributed by atoms with Gasteiger partial charge in [0.05, 0.1) is 27.0 Å².